The third-order valence-corrected chi connectivity index (χ3v) is 7.73. The summed E-state index contributed by atoms with van der Waals surface area (Å²) in [6.45, 7) is 2.50. The molecule has 0 aromatic heterocycles. The normalized spacial score (nSPS) is 16.2. The monoisotopic (exact) mass is 488 g/mol. The minimum Gasteiger partial charge on any atom is -0.494 e. The molecule has 6 nitrogen and oxygen atoms in total. The van der Waals surface area contributed by atoms with Crippen LogP contribution in [0.1, 0.15) is 17.9 Å². The highest BCUT2D eigenvalue weighted by Gasteiger charge is 2.34. The summed E-state index contributed by atoms with van der Waals surface area (Å²) in [4.78, 5) is 14.5. The van der Waals surface area contributed by atoms with E-state index in [2.05, 4.69) is 4.72 Å². The Morgan fingerprint density at radius 3 is 2.31 bits per heavy atom. The summed E-state index contributed by atoms with van der Waals surface area (Å²) in [5.41, 5.74) is 2.13. The lowest BCUT2D eigenvalue weighted by Gasteiger charge is -2.24. The number of rotatable bonds is 7. The van der Waals surface area contributed by atoms with Crippen LogP contribution < -0.4 is 14.4 Å². The van der Waals surface area contributed by atoms with E-state index in [0.717, 1.165) is 17.0 Å². The minimum absolute atomic E-state index is 0.0247. The molecular formula is C23H21ClN2O4S2. The number of hydrogen-bond acceptors (Lipinski definition) is 5. The van der Waals surface area contributed by atoms with Crippen LogP contribution in [-0.4, -0.2) is 26.7 Å². The average Bonchev–Trinajstić information content (AvgIpc) is 3.16. The molecule has 0 spiro atoms. The molecule has 3 aromatic rings. The van der Waals surface area contributed by atoms with Crippen molar-refractivity contribution in [2.75, 3.05) is 22.0 Å². The smallest absolute Gasteiger partial charge is 0.261 e. The molecule has 1 aliphatic heterocycles. The molecule has 1 N–H and O–H groups in total. The summed E-state index contributed by atoms with van der Waals surface area (Å²) in [6.07, 6.45) is 0. The van der Waals surface area contributed by atoms with E-state index in [0.29, 0.717) is 23.1 Å². The van der Waals surface area contributed by atoms with Gasteiger partial charge < -0.3 is 4.74 Å². The van der Waals surface area contributed by atoms with E-state index >= 15 is 0 Å². The van der Waals surface area contributed by atoms with Crippen molar-refractivity contribution >= 4 is 50.7 Å². The zero-order chi connectivity index (χ0) is 22.7. The van der Waals surface area contributed by atoms with Crippen LogP contribution in [0.3, 0.4) is 0 Å². The topological polar surface area (TPSA) is 75.7 Å². The quantitative estimate of drug-likeness (QED) is 0.487. The van der Waals surface area contributed by atoms with Gasteiger partial charge in [0.05, 0.1) is 17.3 Å². The lowest BCUT2D eigenvalue weighted by molar-refractivity contribution is -0.115. The molecule has 0 aliphatic carbocycles. The van der Waals surface area contributed by atoms with E-state index in [1.165, 1.54) is 36.0 Å². The van der Waals surface area contributed by atoms with Crippen LogP contribution in [0.15, 0.2) is 77.7 Å². The lowest BCUT2D eigenvalue weighted by Crippen LogP contribution is -2.27. The third kappa shape index (κ3) is 4.87. The number of nitrogens with one attached hydrogen (secondary N) is 1. The van der Waals surface area contributed by atoms with Crippen LogP contribution >= 0.6 is 23.4 Å². The van der Waals surface area contributed by atoms with Gasteiger partial charge in [0.2, 0.25) is 5.91 Å². The van der Waals surface area contributed by atoms with Crippen molar-refractivity contribution in [1.82, 2.24) is 0 Å². The van der Waals surface area contributed by atoms with Gasteiger partial charge in [0.15, 0.2) is 0 Å². The van der Waals surface area contributed by atoms with E-state index in [-0.39, 0.29) is 16.2 Å². The van der Waals surface area contributed by atoms with E-state index < -0.39 is 10.0 Å². The highest BCUT2D eigenvalue weighted by Crippen LogP contribution is 2.42. The number of sulfonamides is 1. The van der Waals surface area contributed by atoms with Crippen molar-refractivity contribution in [3.63, 3.8) is 0 Å². The van der Waals surface area contributed by atoms with Crippen LogP contribution in [0.5, 0.6) is 5.75 Å². The summed E-state index contributed by atoms with van der Waals surface area (Å²) in [5, 5.41) is 0.274. The van der Waals surface area contributed by atoms with Gasteiger partial charge in [-0.2, -0.15) is 0 Å². The van der Waals surface area contributed by atoms with Gasteiger partial charge in [-0.15, -0.1) is 11.8 Å². The SMILES string of the molecule is CCOc1ccc(N2C(=O)CS[C@H]2c2ccc(NS(=O)(=O)c3ccc(Cl)cc3)cc2)cc1. The van der Waals surface area contributed by atoms with Crippen LogP contribution in [0.4, 0.5) is 11.4 Å². The predicted molar refractivity (Wildman–Crippen MR) is 129 cm³/mol. The first-order valence-corrected chi connectivity index (χ1v) is 12.8. The molecule has 0 saturated carbocycles. The average molecular weight is 489 g/mol. The van der Waals surface area contributed by atoms with Crippen LogP contribution in [0.2, 0.25) is 5.02 Å². The largest absolute Gasteiger partial charge is 0.494 e. The predicted octanol–water partition coefficient (Wildman–Crippen LogP) is 5.32. The maximum absolute atomic E-state index is 12.6. The van der Waals surface area contributed by atoms with Gasteiger partial charge in [-0.05, 0) is 73.2 Å². The van der Waals surface area contributed by atoms with Crippen molar-refractivity contribution in [3.8, 4) is 5.75 Å². The van der Waals surface area contributed by atoms with Crippen molar-refractivity contribution in [3.05, 3.63) is 83.4 Å². The van der Waals surface area contributed by atoms with Gasteiger partial charge >= 0.3 is 0 Å². The van der Waals surface area contributed by atoms with Gasteiger partial charge in [0.1, 0.15) is 11.1 Å². The highest BCUT2D eigenvalue weighted by atomic mass is 35.5. The van der Waals surface area contributed by atoms with Crippen molar-refractivity contribution in [2.45, 2.75) is 17.2 Å². The lowest BCUT2D eigenvalue weighted by atomic mass is 10.1. The number of benzene rings is 3. The molecular weight excluding hydrogens is 468 g/mol. The minimum atomic E-state index is -3.72. The number of anilines is 2. The van der Waals surface area contributed by atoms with Gasteiger partial charge in [0.25, 0.3) is 10.0 Å². The van der Waals surface area contributed by atoms with Crippen LogP contribution in [0.25, 0.3) is 0 Å². The number of halogens is 1. The molecule has 0 bridgehead atoms. The molecule has 0 radical (unpaired) electrons. The molecule has 32 heavy (non-hydrogen) atoms. The fraction of sp³-hybridized carbons (Fsp3) is 0.174. The summed E-state index contributed by atoms with van der Waals surface area (Å²) < 4.78 is 33.2. The Morgan fingerprint density at radius 2 is 1.69 bits per heavy atom. The van der Waals surface area contributed by atoms with Crippen LogP contribution in [-0.2, 0) is 14.8 Å². The van der Waals surface area contributed by atoms with E-state index in [1.807, 2.05) is 43.3 Å². The Balaban J connectivity index is 1.52. The molecule has 1 heterocycles. The zero-order valence-electron chi connectivity index (χ0n) is 17.2. The molecule has 0 unspecified atom stereocenters. The fourth-order valence-corrected chi connectivity index (χ4v) is 5.73. The molecule has 1 saturated heterocycles. The molecule has 1 aliphatic rings. The number of nitrogens with zero attached hydrogens (tertiary/aromatic N) is 1. The Hall–Kier alpha value is -2.68. The number of ether oxygens (including phenoxy) is 1. The number of amides is 1. The first-order valence-electron chi connectivity index (χ1n) is 9.92. The highest BCUT2D eigenvalue weighted by molar-refractivity contribution is 8.00. The molecule has 166 valence electrons. The van der Waals surface area contributed by atoms with Gasteiger partial charge in [-0.1, -0.05) is 23.7 Å². The van der Waals surface area contributed by atoms with Gasteiger partial charge in [-0.3, -0.25) is 14.4 Å². The number of hydrogen-bond donors (Lipinski definition) is 1. The van der Waals surface area contributed by atoms with E-state index in [4.69, 9.17) is 16.3 Å². The summed E-state index contributed by atoms with van der Waals surface area (Å²) >= 11 is 7.37. The second-order valence-corrected chi connectivity index (χ2v) is 10.2. The molecule has 1 fully saturated rings. The van der Waals surface area contributed by atoms with E-state index in [9.17, 15) is 13.2 Å². The molecule has 1 amide bonds. The maximum atomic E-state index is 12.6. The second-order valence-electron chi connectivity index (χ2n) is 7.04. The summed E-state index contributed by atoms with van der Waals surface area (Å²) in [7, 11) is -3.72. The van der Waals surface area contributed by atoms with Crippen LogP contribution in [0, 0.1) is 0 Å². The van der Waals surface area contributed by atoms with Crippen molar-refractivity contribution in [2.24, 2.45) is 0 Å². The fourth-order valence-electron chi connectivity index (χ4n) is 3.36. The Kier molecular flexibility index (Phi) is 6.64. The standard InChI is InChI=1S/C23H21ClN2O4S2/c1-2-30-20-11-9-19(10-12-20)26-22(27)15-31-23(26)16-3-7-18(8-4-16)25-32(28,29)21-13-5-17(24)6-14-21/h3-14,23,25H,2,15H2,1H3/t23-/m0/s1. The summed E-state index contributed by atoms with van der Waals surface area (Å²) in [5.74, 6) is 1.16. The first kappa shape index (κ1) is 22.5. The van der Waals surface area contributed by atoms with Gasteiger partial charge in [0, 0.05) is 16.4 Å². The number of thioether (sulfide) groups is 1. The second kappa shape index (κ2) is 9.44. The summed E-state index contributed by atoms with van der Waals surface area (Å²) in [6, 6.07) is 20.5. The molecule has 3 aromatic carbocycles. The number of carbonyl (C=O) groups excluding carboxylic acids is 1. The number of carbonyl (C=O) groups is 1. The third-order valence-electron chi connectivity index (χ3n) is 4.87. The Bertz CT molecular complexity index is 1200. The van der Waals surface area contributed by atoms with E-state index in [1.54, 1.807) is 17.0 Å². The van der Waals surface area contributed by atoms with Crippen molar-refractivity contribution in [1.29, 1.82) is 0 Å². The molecule has 4 rings (SSSR count). The first-order chi connectivity index (χ1) is 15.4. The van der Waals surface area contributed by atoms with Crippen molar-refractivity contribution < 1.29 is 17.9 Å². The molecule has 9 heteroatoms. The Labute approximate surface area is 196 Å². The Morgan fingerprint density at radius 1 is 1.03 bits per heavy atom. The molecule has 1 atom stereocenters. The maximum Gasteiger partial charge on any atom is 0.261 e. The zero-order valence-corrected chi connectivity index (χ0v) is 19.6. The van der Waals surface area contributed by atoms with Gasteiger partial charge in [-0.25, -0.2) is 8.42 Å².